The van der Waals surface area contributed by atoms with Gasteiger partial charge >= 0.3 is 0 Å². The van der Waals surface area contributed by atoms with Gasteiger partial charge in [0.1, 0.15) is 0 Å². The molecule has 0 fully saturated rings. The first-order chi connectivity index (χ1) is 16.7. The van der Waals surface area contributed by atoms with Crippen LogP contribution in [0.15, 0.2) is 91.0 Å². The van der Waals surface area contributed by atoms with Gasteiger partial charge in [-0.25, -0.2) is 0 Å². The van der Waals surface area contributed by atoms with Gasteiger partial charge in [-0.1, -0.05) is 42.5 Å². The fraction of sp³-hybridized carbons (Fsp3) is 0. The van der Waals surface area contributed by atoms with Crippen LogP contribution in [-0.2, 0) is 0 Å². The summed E-state index contributed by atoms with van der Waals surface area (Å²) in [6.45, 7) is 0. The van der Waals surface area contributed by atoms with Crippen molar-refractivity contribution in [3.8, 4) is 17.1 Å². The zero-order valence-corrected chi connectivity index (χ0v) is 18.5. The fourth-order valence-electron chi connectivity index (χ4n) is 4.79. The first-order valence-corrected chi connectivity index (χ1v) is 11.6. The number of nitrogens with zero attached hydrogens (tertiary/aromatic N) is 3. The zero-order chi connectivity index (χ0) is 22.8. The van der Waals surface area contributed by atoms with E-state index in [2.05, 4.69) is 69.1 Å². The predicted molar refractivity (Wildman–Crippen MR) is 135 cm³/mol. The Morgan fingerprint density at radius 3 is 2.15 bits per heavy atom. The Balaban J connectivity index is 1.49. The Kier molecular flexibility index (Phi) is 4.07. The molecule has 6 heteroatoms. The average molecular weight is 464 g/mol. The van der Waals surface area contributed by atoms with E-state index in [0.29, 0.717) is 11.6 Å². The summed E-state index contributed by atoms with van der Waals surface area (Å²) in [5.74, 6) is -1.75. The van der Waals surface area contributed by atoms with Gasteiger partial charge in [-0.3, -0.25) is 0 Å². The van der Waals surface area contributed by atoms with Crippen LogP contribution >= 0.6 is 11.3 Å². The quantitative estimate of drug-likeness (QED) is 0.244. The number of fused-ring (bicyclic) bond motifs is 7. The van der Waals surface area contributed by atoms with Crippen LogP contribution in [0.1, 0.15) is 0 Å². The van der Waals surface area contributed by atoms with E-state index in [1.807, 2.05) is 29.5 Å². The highest BCUT2D eigenvalue weighted by Gasteiger charge is 2.17. The smallest absolute Gasteiger partial charge is 0.219 e. The maximum atomic E-state index is 13.6. The predicted octanol–water partition coefficient (Wildman–Crippen LogP) is 7.89. The molecule has 3 heterocycles. The fourth-order valence-corrected chi connectivity index (χ4v) is 6.05. The molecule has 3 nitrogen and oxygen atoms in total. The van der Waals surface area contributed by atoms with Crippen LogP contribution in [0.5, 0.6) is 0 Å². The third kappa shape index (κ3) is 2.79. The van der Waals surface area contributed by atoms with Crippen LogP contribution in [-0.4, -0.2) is 14.5 Å². The van der Waals surface area contributed by atoms with Crippen LogP contribution in [0.4, 0.5) is 8.78 Å². The van der Waals surface area contributed by atoms with E-state index in [4.69, 9.17) is 0 Å². The minimum Gasteiger partial charge on any atom is -0.309 e. The van der Waals surface area contributed by atoms with Crippen LogP contribution in [0, 0.1) is 11.9 Å². The lowest BCUT2D eigenvalue weighted by Gasteiger charge is -2.09. The van der Waals surface area contributed by atoms with E-state index in [9.17, 15) is 8.78 Å². The highest BCUT2D eigenvalue weighted by Crippen LogP contribution is 2.43. The molecule has 0 unspecified atom stereocenters. The highest BCUT2D eigenvalue weighted by atomic mass is 32.1. The normalized spacial score (nSPS) is 11.8. The molecule has 34 heavy (non-hydrogen) atoms. The van der Waals surface area contributed by atoms with E-state index in [1.54, 1.807) is 12.1 Å². The van der Waals surface area contributed by atoms with Crippen LogP contribution < -0.4 is 0 Å². The van der Waals surface area contributed by atoms with E-state index >= 15 is 0 Å². The lowest BCUT2D eigenvalue weighted by Crippen LogP contribution is -1.97. The summed E-state index contributed by atoms with van der Waals surface area (Å²) in [7, 11) is 0. The number of rotatable bonds is 2. The van der Waals surface area contributed by atoms with Crippen molar-refractivity contribution in [2.24, 2.45) is 0 Å². The summed E-state index contributed by atoms with van der Waals surface area (Å²) >= 11 is 1.82. The van der Waals surface area contributed by atoms with Crippen LogP contribution in [0.25, 0.3) is 59.1 Å². The molecule has 0 radical (unpaired) electrons. The maximum Gasteiger partial charge on any atom is 0.219 e. The molecule has 7 rings (SSSR count). The van der Waals surface area contributed by atoms with E-state index < -0.39 is 11.9 Å². The molecular formula is C28H15F2N3S. The Morgan fingerprint density at radius 1 is 0.647 bits per heavy atom. The Morgan fingerprint density at radius 2 is 1.35 bits per heavy atom. The van der Waals surface area contributed by atoms with E-state index in [-0.39, 0.29) is 5.82 Å². The SMILES string of the molecule is Fc1cc(F)nc(-c2ccc(-n3c4ccccc4c4c5sc6ccccc6c5ccc43)cc2)n1. The van der Waals surface area contributed by atoms with Crippen molar-refractivity contribution in [3.63, 3.8) is 0 Å². The van der Waals surface area contributed by atoms with Gasteiger partial charge in [-0.05, 0) is 42.5 Å². The summed E-state index contributed by atoms with van der Waals surface area (Å²) in [5, 5.41) is 4.95. The second kappa shape index (κ2) is 7.17. The molecule has 162 valence electrons. The second-order valence-electron chi connectivity index (χ2n) is 8.17. The second-order valence-corrected chi connectivity index (χ2v) is 9.22. The lowest BCUT2D eigenvalue weighted by atomic mass is 10.1. The molecule has 3 aromatic heterocycles. The maximum absolute atomic E-state index is 13.6. The molecule has 0 N–H and O–H groups in total. The van der Waals surface area contributed by atoms with Gasteiger partial charge < -0.3 is 4.57 Å². The molecule has 0 amide bonds. The minimum absolute atomic E-state index is 0.0262. The first-order valence-electron chi connectivity index (χ1n) is 10.8. The van der Waals surface area contributed by atoms with Crippen molar-refractivity contribution < 1.29 is 8.78 Å². The largest absolute Gasteiger partial charge is 0.309 e. The summed E-state index contributed by atoms with van der Waals surface area (Å²) in [4.78, 5) is 7.46. The molecule has 0 spiro atoms. The van der Waals surface area contributed by atoms with Gasteiger partial charge in [0.15, 0.2) is 5.82 Å². The Labute approximate surface area is 196 Å². The van der Waals surface area contributed by atoms with Gasteiger partial charge in [0.2, 0.25) is 11.9 Å². The number of para-hydroxylation sites is 1. The molecule has 0 aliphatic carbocycles. The van der Waals surface area contributed by atoms with Gasteiger partial charge in [-0.2, -0.15) is 18.7 Å². The van der Waals surface area contributed by atoms with Crippen molar-refractivity contribution in [1.29, 1.82) is 0 Å². The molecule has 0 aliphatic heterocycles. The molecular weight excluding hydrogens is 448 g/mol. The standard InChI is InChI=1S/C28H15F2N3S/c29-24-15-25(30)32-28(31-24)16-9-11-17(12-10-16)33-21-7-3-1-6-20(21)26-22(33)14-13-19-18-5-2-4-8-23(18)34-27(19)26/h1-15H. The Hall–Kier alpha value is -4.16. The van der Waals surface area contributed by atoms with Crippen LogP contribution in [0.2, 0.25) is 0 Å². The van der Waals surface area contributed by atoms with E-state index in [1.165, 1.54) is 30.9 Å². The van der Waals surface area contributed by atoms with Crippen molar-refractivity contribution in [2.45, 2.75) is 0 Å². The molecule has 0 saturated heterocycles. The van der Waals surface area contributed by atoms with Crippen molar-refractivity contribution in [2.75, 3.05) is 0 Å². The van der Waals surface area contributed by atoms with Gasteiger partial charge in [0.05, 0.1) is 11.0 Å². The van der Waals surface area contributed by atoms with Crippen molar-refractivity contribution in [3.05, 3.63) is 103 Å². The summed E-state index contributed by atoms with van der Waals surface area (Å²) in [5.41, 5.74) is 3.71. The van der Waals surface area contributed by atoms with Crippen LogP contribution in [0.3, 0.4) is 0 Å². The summed E-state index contributed by atoms with van der Waals surface area (Å²) in [6, 6.07) is 29.4. The first kappa shape index (κ1) is 19.3. The Bertz CT molecular complexity index is 1860. The summed E-state index contributed by atoms with van der Waals surface area (Å²) < 4.78 is 31.9. The van der Waals surface area contributed by atoms with Crippen molar-refractivity contribution >= 4 is 53.3 Å². The summed E-state index contributed by atoms with van der Waals surface area (Å²) in [6.07, 6.45) is 0. The van der Waals surface area contributed by atoms with Gasteiger partial charge in [0, 0.05) is 48.3 Å². The third-order valence-electron chi connectivity index (χ3n) is 6.23. The number of hydrogen-bond donors (Lipinski definition) is 0. The number of halogens is 2. The monoisotopic (exact) mass is 463 g/mol. The number of thiophene rings is 1. The topological polar surface area (TPSA) is 30.7 Å². The number of aromatic nitrogens is 3. The van der Waals surface area contributed by atoms with E-state index in [0.717, 1.165) is 16.7 Å². The molecule has 4 aromatic carbocycles. The molecule has 0 bridgehead atoms. The molecule has 0 atom stereocenters. The molecule has 7 aromatic rings. The average Bonchev–Trinajstić information content (AvgIpc) is 3.39. The highest BCUT2D eigenvalue weighted by molar-refractivity contribution is 7.26. The number of benzene rings is 4. The van der Waals surface area contributed by atoms with Crippen molar-refractivity contribution in [1.82, 2.24) is 14.5 Å². The molecule has 0 aliphatic rings. The van der Waals surface area contributed by atoms with Gasteiger partial charge in [0.25, 0.3) is 0 Å². The zero-order valence-electron chi connectivity index (χ0n) is 17.7. The third-order valence-corrected chi connectivity index (χ3v) is 7.43. The lowest BCUT2D eigenvalue weighted by molar-refractivity contribution is 0.528. The number of hydrogen-bond acceptors (Lipinski definition) is 3. The molecule has 0 saturated carbocycles. The van der Waals surface area contributed by atoms with Gasteiger partial charge in [-0.15, -0.1) is 11.3 Å². The minimum atomic E-state index is -0.888.